The summed E-state index contributed by atoms with van der Waals surface area (Å²) in [7, 11) is 3.07. The zero-order valence-corrected chi connectivity index (χ0v) is 9.33. The Morgan fingerprint density at radius 3 is 2.62 bits per heavy atom. The van der Waals surface area contributed by atoms with Crippen molar-refractivity contribution in [1.29, 1.82) is 0 Å². The predicted molar refractivity (Wildman–Crippen MR) is 60.2 cm³/mol. The van der Waals surface area contributed by atoms with Crippen molar-refractivity contribution in [2.45, 2.75) is 6.92 Å². The average molecular weight is 220 g/mol. The van der Waals surface area contributed by atoms with Gasteiger partial charge < -0.3 is 14.5 Å². The maximum absolute atomic E-state index is 11.7. The summed E-state index contributed by atoms with van der Waals surface area (Å²) in [6, 6.07) is 3.34. The Morgan fingerprint density at radius 1 is 1.25 bits per heavy atom. The molecule has 84 valence electrons. The lowest BCUT2D eigenvalue weighted by Gasteiger charge is -2.07. The second kappa shape index (κ2) is 3.84. The van der Waals surface area contributed by atoms with Crippen LogP contribution in [0.2, 0.25) is 0 Å². The number of hydrogen-bond donors (Lipinski definition) is 1. The minimum atomic E-state index is -0.195. The van der Waals surface area contributed by atoms with E-state index in [0.29, 0.717) is 28.2 Å². The lowest BCUT2D eigenvalue weighted by Crippen LogP contribution is -2.10. The van der Waals surface area contributed by atoms with Crippen molar-refractivity contribution >= 4 is 10.9 Å². The van der Waals surface area contributed by atoms with Gasteiger partial charge in [-0.2, -0.15) is 0 Å². The highest BCUT2D eigenvalue weighted by molar-refractivity contribution is 5.85. The van der Waals surface area contributed by atoms with Gasteiger partial charge in [0.2, 0.25) is 0 Å². The predicted octanol–water partition coefficient (Wildman–Crippen LogP) is 1.25. The summed E-state index contributed by atoms with van der Waals surface area (Å²) in [5.74, 6) is 1.66. The molecule has 1 aromatic heterocycles. The van der Waals surface area contributed by atoms with Crippen molar-refractivity contribution in [2.24, 2.45) is 0 Å². The Balaban J connectivity index is 2.89. The average Bonchev–Trinajstić information content (AvgIpc) is 2.28. The molecule has 0 aliphatic carbocycles. The number of aryl methyl sites for hydroxylation is 1. The molecule has 1 heterocycles. The molecule has 0 aliphatic rings. The van der Waals surface area contributed by atoms with Crippen molar-refractivity contribution < 1.29 is 9.47 Å². The molecule has 0 bridgehead atoms. The van der Waals surface area contributed by atoms with Crippen LogP contribution in [-0.4, -0.2) is 24.2 Å². The first kappa shape index (κ1) is 10.5. The molecule has 5 nitrogen and oxygen atoms in total. The Morgan fingerprint density at radius 2 is 2.00 bits per heavy atom. The molecular formula is C11H12N2O3. The highest BCUT2D eigenvalue weighted by Crippen LogP contribution is 2.27. The highest BCUT2D eigenvalue weighted by Gasteiger charge is 2.09. The van der Waals surface area contributed by atoms with Gasteiger partial charge in [-0.15, -0.1) is 0 Å². The van der Waals surface area contributed by atoms with Gasteiger partial charge in [0.05, 0.1) is 19.6 Å². The van der Waals surface area contributed by atoms with Gasteiger partial charge in [0.15, 0.2) is 0 Å². The molecular weight excluding hydrogens is 208 g/mol. The zero-order chi connectivity index (χ0) is 11.7. The van der Waals surface area contributed by atoms with Gasteiger partial charge in [0.1, 0.15) is 22.8 Å². The SMILES string of the molecule is COc1cc(OC)c2nc(C)[nH]c(=O)c2c1. The first-order chi connectivity index (χ1) is 7.65. The number of ether oxygens (including phenoxy) is 2. The molecule has 0 aliphatic heterocycles. The van der Waals surface area contributed by atoms with E-state index in [1.165, 1.54) is 14.2 Å². The third-order valence-electron chi connectivity index (χ3n) is 2.32. The van der Waals surface area contributed by atoms with Gasteiger partial charge in [0, 0.05) is 6.07 Å². The quantitative estimate of drug-likeness (QED) is 0.827. The molecule has 0 fully saturated rings. The molecule has 0 radical (unpaired) electrons. The lowest BCUT2D eigenvalue weighted by atomic mass is 10.2. The Kier molecular flexibility index (Phi) is 2.52. The van der Waals surface area contributed by atoms with Gasteiger partial charge in [-0.25, -0.2) is 4.98 Å². The van der Waals surface area contributed by atoms with Crippen molar-refractivity contribution in [3.63, 3.8) is 0 Å². The minimum absolute atomic E-state index is 0.195. The maximum Gasteiger partial charge on any atom is 0.259 e. The zero-order valence-electron chi connectivity index (χ0n) is 9.33. The van der Waals surface area contributed by atoms with Gasteiger partial charge >= 0.3 is 0 Å². The Hall–Kier alpha value is -2.04. The van der Waals surface area contributed by atoms with Crippen molar-refractivity contribution in [2.75, 3.05) is 14.2 Å². The first-order valence-corrected chi connectivity index (χ1v) is 4.78. The summed E-state index contributed by atoms with van der Waals surface area (Å²) in [6.45, 7) is 1.73. The van der Waals surface area contributed by atoms with Gasteiger partial charge in [0.25, 0.3) is 5.56 Å². The van der Waals surface area contributed by atoms with E-state index < -0.39 is 0 Å². The third-order valence-corrected chi connectivity index (χ3v) is 2.32. The Labute approximate surface area is 92.0 Å². The van der Waals surface area contributed by atoms with E-state index in [4.69, 9.17) is 9.47 Å². The fourth-order valence-electron chi connectivity index (χ4n) is 1.57. The van der Waals surface area contributed by atoms with Crippen LogP contribution in [0, 0.1) is 6.92 Å². The summed E-state index contributed by atoms with van der Waals surface area (Å²) in [4.78, 5) is 18.6. The lowest BCUT2D eigenvalue weighted by molar-refractivity contribution is 0.397. The standard InChI is InChI=1S/C11H12N2O3/c1-6-12-10-8(11(14)13-6)4-7(15-2)5-9(10)16-3/h4-5H,1-3H3,(H,12,13,14). The first-order valence-electron chi connectivity index (χ1n) is 4.78. The van der Waals surface area contributed by atoms with E-state index in [9.17, 15) is 4.79 Å². The molecule has 0 saturated heterocycles. The number of fused-ring (bicyclic) bond motifs is 1. The molecule has 1 N–H and O–H groups in total. The number of nitrogens with zero attached hydrogens (tertiary/aromatic N) is 1. The summed E-state index contributed by atoms with van der Waals surface area (Å²) in [6.07, 6.45) is 0. The number of nitrogens with one attached hydrogen (secondary N) is 1. The Bertz CT molecular complexity index is 590. The maximum atomic E-state index is 11.7. The van der Waals surface area contributed by atoms with E-state index in [1.807, 2.05) is 0 Å². The van der Waals surface area contributed by atoms with Crippen LogP contribution in [0.15, 0.2) is 16.9 Å². The summed E-state index contributed by atoms with van der Waals surface area (Å²) < 4.78 is 10.3. The summed E-state index contributed by atoms with van der Waals surface area (Å²) in [5.41, 5.74) is 0.351. The van der Waals surface area contributed by atoms with Gasteiger partial charge in [-0.3, -0.25) is 4.79 Å². The number of H-pyrrole nitrogens is 1. The van der Waals surface area contributed by atoms with Crippen LogP contribution in [0.25, 0.3) is 10.9 Å². The molecule has 1 aromatic carbocycles. The topological polar surface area (TPSA) is 64.2 Å². The summed E-state index contributed by atoms with van der Waals surface area (Å²) in [5, 5.41) is 0.460. The molecule has 16 heavy (non-hydrogen) atoms. The largest absolute Gasteiger partial charge is 0.497 e. The molecule has 2 rings (SSSR count). The second-order valence-electron chi connectivity index (χ2n) is 3.38. The summed E-state index contributed by atoms with van der Waals surface area (Å²) >= 11 is 0. The fraction of sp³-hybridized carbons (Fsp3) is 0.273. The van der Waals surface area contributed by atoms with Crippen molar-refractivity contribution in [3.05, 3.63) is 28.3 Å². The highest BCUT2D eigenvalue weighted by atomic mass is 16.5. The monoisotopic (exact) mass is 220 g/mol. The molecule has 0 atom stereocenters. The number of aromatic amines is 1. The van der Waals surface area contributed by atoms with Crippen molar-refractivity contribution in [1.82, 2.24) is 9.97 Å². The molecule has 2 aromatic rings. The van der Waals surface area contributed by atoms with Gasteiger partial charge in [-0.1, -0.05) is 0 Å². The van der Waals surface area contributed by atoms with Gasteiger partial charge in [-0.05, 0) is 13.0 Å². The van der Waals surface area contributed by atoms with Crippen LogP contribution < -0.4 is 15.0 Å². The van der Waals surface area contributed by atoms with E-state index in [2.05, 4.69) is 9.97 Å². The van der Waals surface area contributed by atoms with Crippen molar-refractivity contribution in [3.8, 4) is 11.5 Å². The van der Waals surface area contributed by atoms with Crippen LogP contribution in [0.1, 0.15) is 5.82 Å². The number of hydrogen-bond acceptors (Lipinski definition) is 4. The number of rotatable bonds is 2. The normalized spacial score (nSPS) is 10.4. The number of methoxy groups -OCH3 is 2. The van der Waals surface area contributed by atoms with Crippen LogP contribution in [0.4, 0.5) is 0 Å². The van der Waals surface area contributed by atoms with Crippen LogP contribution >= 0.6 is 0 Å². The second-order valence-corrected chi connectivity index (χ2v) is 3.38. The minimum Gasteiger partial charge on any atom is -0.497 e. The third kappa shape index (κ3) is 1.60. The van der Waals surface area contributed by atoms with Crippen LogP contribution in [0.5, 0.6) is 11.5 Å². The van der Waals surface area contributed by atoms with E-state index in [1.54, 1.807) is 19.1 Å². The molecule has 0 amide bonds. The number of benzene rings is 1. The van der Waals surface area contributed by atoms with E-state index in [-0.39, 0.29) is 5.56 Å². The van der Waals surface area contributed by atoms with Crippen LogP contribution in [-0.2, 0) is 0 Å². The van der Waals surface area contributed by atoms with E-state index in [0.717, 1.165) is 0 Å². The molecule has 0 saturated carbocycles. The number of aromatic nitrogens is 2. The van der Waals surface area contributed by atoms with E-state index >= 15 is 0 Å². The molecule has 5 heteroatoms. The smallest absolute Gasteiger partial charge is 0.259 e. The molecule has 0 unspecified atom stereocenters. The molecule has 0 spiro atoms. The van der Waals surface area contributed by atoms with Crippen LogP contribution in [0.3, 0.4) is 0 Å². The fourth-order valence-corrected chi connectivity index (χ4v) is 1.57.